The number of carboxylic acids is 1. The third-order valence-corrected chi connectivity index (χ3v) is 7.10. The number of benzene rings is 2. The van der Waals surface area contributed by atoms with Gasteiger partial charge in [0.15, 0.2) is 0 Å². The topological polar surface area (TPSA) is 105 Å². The molecule has 2 aliphatic rings. The predicted octanol–water partition coefficient (Wildman–Crippen LogP) is 4.46. The lowest BCUT2D eigenvalue weighted by Gasteiger charge is -2.37. The molecule has 0 unspecified atom stereocenters. The molecule has 4 rings (SSSR count). The molecule has 0 aromatic heterocycles. The van der Waals surface area contributed by atoms with Gasteiger partial charge in [0.25, 0.3) is 0 Å². The van der Waals surface area contributed by atoms with Crippen molar-refractivity contribution in [2.24, 2.45) is 5.41 Å². The Kier molecular flexibility index (Phi) is 6.64. The number of fused-ring (bicyclic) bond motifs is 3. The molecule has 3 N–H and O–H groups in total. The van der Waals surface area contributed by atoms with Gasteiger partial charge >= 0.3 is 12.1 Å². The first-order chi connectivity index (χ1) is 16.2. The van der Waals surface area contributed by atoms with Gasteiger partial charge in [0.05, 0.1) is 5.41 Å². The fraction of sp³-hybridized carbons (Fsp3) is 0.444. The number of carboxylic acid groups (broad SMARTS) is 1. The van der Waals surface area contributed by atoms with Crippen LogP contribution < -0.4 is 10.6 Å². The number of hydrogen-bond donors (Lipinski definition) is 3. The molecule has 0 aliphatic heterocycles. The summed E-state index contributed by atoms with van der Waals surface area (Å²) in [5.74, 6) is -1.44. The molecule has 2 aromatic carbocycles. The molecule has 7 nitrogen and oxygen atoms in total. The van der Waals surface area contributed by atoms with Crippen LogP contribution in [-0.2, 0) is 14.3 Å². The number of ether oxygens (including phenoxy) is 1. The van der Waals surface area contributed by atoms with E-state index in [9.17, 15) is 19.5 Å². The fourth-order valence-corrected chi connectivity index (χ4v) is 4.96. The maximum atomic E-state index is 12.9. The van der Waals surface area contributed by atoms with E-state index in [0.717, 1.165) is 41.5 Å². The van der Waals surface area contributed by atoms with E-state index in [2.05, 4.69) is 34.9 Å². The highest BCUT2D eigenvalue weighted by Crippen LogP contribution is 2.44. The number of carbonyl (C=O) groups excluding carboxylic acids is 2. The minimum absolute atomic E-state index is 0.0329. The maximum Gasteiger partial charge on any atom is 0.407 e. The van der Waals surface area contributed by atoms with Gasteiger partial charge < -0.3 is 20.5 Å². The Morgan fingerprint density at radius 3 is 2.09 bits per heavy atom. The predicted molar refractivity (Wildman–Crippen MR) is 128 cm³/mol. The van der Waals surface area contributed by atoms with Gasteiger partial charge in [-0.25, -0.2) is 9.59 Å². The highest BCUT2D eigenvalue weighted by molar-refractivity contribution is 5.90. The quantitative estimate of drug-likeness (QED) is 0.561. The number of rotatable bonds is 7. The zero-order valence-corrected chi connectivity index (χ0v) is 19.7. The molecule has 0 radical (unpaired) electrons. The van der Waals surface area contributed by atoms with E-state index < -0.39 is 28.9 Å². The van der Waals surface area contributed by atoms with Crippen LogP contribution in [0.2, 0.25) is 0 Å². The van der Waals surface area contributed by atoms with E-state index in [1.54, 1.807) is 13.8 Å². The molecule has 0 saturated heterocycles. The van der Waals surface area contributed by atoms with Crippen LogP contribution in [0.5, 0.6) is 0 Å². The number of aliphatic carboxylic acids is 1. The van der Waals surface area contributed by atoms with Crippen molar-refractivity contribution in [3.63, 3.8) is 0 Å². The summed E-state index contributed by atoms with van der Waals surface area (Å²) in [6.07, 6.45) is 2.75. The molecule has 2 aromatic rings. The van der Waals surface area contributed by atoms with Crippen molar-refractivity contribution in [1.29, 1.82) is 0 Å². The number of carbonyl (C=O) groups is 3. The van der Waals surface area contributed by atoms with E-state index in [4.69, 9.17) is 4.74 Å². The molecule has 34 heavy (non-hydrogen) atoms. The Labute approximate surface area is 199 Å². The monoisotopic (exact) mass is 464 g/mol. The molecular formula is C27H32N2O5. The van der Waals surface area contributed by atoms with Crippen LogP contribution >= 0.6 is 0 Å². The number of amides is 2. The maximum absolute atomic E-state index is 12.9. The Morgan fingerprint density at radius 1 is 0.971 bits per heavy atom. The van der Waals surface area contributed by atoms with E-state index in [0.29, 0.717) is 12.8 Å². The van der Waals surface area contributed by atoms with Gasteiger partial charge in [-0.1, -0.05) is 67.8 Å². The van der Waals surface area contributed by atoms with Crippen LogP contribution in [0, 0.1) is 5.41 Å². The van der Waals surface area contributed by atoms with Crippen LogP contribution in [0.1, 0.15) is 63.0 Å². The summed E-state index contributed by atoms with van der Waals surface area (Å²) in [5.41, 5.74) is 2.34. The van der Waals surface area contributed by atoms with Gasteiger partial charge in [-0.05, 0) is 48.9 Å². The number of hydrogen-bond acceptors (Lipinski definition) is 4. The molecule has 2 amide bonds. The van der Waals surface area contributed by atoms with Gasteiger partial charge in [0.1, 0.15) is 12.1 Å². The number of alkyl carbamates (subject to hydrolysis) is 1. The second-order valence-electron chi connectivity index (χ2n) is 9.97. The Bertz CT molecular complexity index is 1040. The second-order valence-corrected chi connectivity index (χ2v) is 9.97. The first-order valence-corrected chi connectivity index (χ1v) is 11.9. The molecule has 1 saturated carbocycles. The zero-order valence-electron chi connectivity index (χ0n) is 19.7. The lowest BCUT2D eigenvalue weighted by molar-refractivity contribution is -0.151. The van der Waals surface area contributed by atoms with Crippen LogP contribution in [-0.4, -0.2) is 41.8 Å². The lowest BCUT2D eigenvalue weighted by Crippen LogP contribution is -2.59. The van der Waals surface area contributed by atoms with Crippen molar-refractivity contribution in [3.8, 4) is 11.1 Å². The van der Waals surface area contributed by atoms with Crippen molar-refractivity contribution in [1.82, 2.24) is 10.6 Å². The van der Waals surface area contributed by atoms with Crippen molar-refractivity contribution in [2.75, 3.05) is 13.2 Å². The molecule has 180 valence electrons. The van der Waals surface area contributed by atoms with Crippen molar-refractivity contribution in [2.45, 2.75) is 57.4 Å². The van der Waals surface area contributed by atoms with Gasteiger partial charge in [0, 0.05) is 12.5 Å². The van der Waals surface area contributed by atoms with Crippen LogP contribution in [0.4, 0.5) is 4.79 Å². The van der Waals surface area contributed by atoms with Crippen molar-refractivity contribution >= 4 is 18.0 Å². The lowest BCUT2D eigenvalue weighted by atomic mass is 9.80. The van der Waals surface area contributed by atoms with Gasteiger partial charge in [-0.15, -0.1) is 0 Å². The molecular weight excluding hydrogens is 432 g/mol. The molecule has 0 heterocycles. The third kappa shape index (κ3) is 4.65. The van der Waals surface area contributed by atoms with E-state index >= 15 is 0 Å². The van der Waals surface area contributed by atoms with Crippen LogP contribution in [0.15, 0.2) is 48.5 Å². The summed E-state index contributed by atoms with van der Waals surface area (Å²) in [5, 5.41) is 15.2. The molecule has 1 fully saturated rings. The van der Waals surface area contributed by atoms with Crippen molar-refractivity contribution < 1.29 is 24.2 Å². The van der Waals surface area contributed by atoms with Gasteiger partial charge in [-0.3, -0.25) is 4.79 Å². The van der Waals surface area contributed by atoms with Gasteiger partial charge in [-0.2, -0.15) is 0 Å². The van der Waals surface area contributed by atoms with Crippen LogP contribution in [0.25, 0.3) is 11.1 Å². The summed E-state index contributed by atoms with van der Waals surface area (Å²) in [6, 6.07) is 16.2. The summed E-state index contributed by atoms with van der Waals surface area (Å²) in [6.45, 7) is 3.59. The summed E-state index contributed by atoms with van der Waals surface area (Å²) < 4.78 is 5.55. The summed E-state index contributed by atoms with van der Waals surface area (Å²) >= 11 is 0. The van der Waals surface area contributed by atoms with Crippen molar-refractivity contribution in [3.05, 3.63) is 59.7 Å². The Hall–Kier alpha value is -3.35. The van der Waals surface area contributed by atoms with E-state index in [1.165, 1.54) is 0 Å². The molecule has 0 bridgehead atoms. The minimum atomic E-state index is -1.23. The SMILES string of the molecule is CC(C)(CNC(=O)OCC1c2ccccc2-c2ccccc21)C(=O)NC1(C(=O)O)CCCCC1. The normalized spacial score (nSPS) is 16.8. The van der Waals surface area contributed by atoms with E-state index in [-0.39, 0.29) is 19.1 Å². The zero-order chi connectivity index (χ0) is 24.3. The third-order valence-electron chi connectivity index (χ3n) is 7.10. The first-order valence-electron chi connectivity index (χ1n) is 11.9. The molecule has 7 heteroatoms. The average molecular weight is 465 g/mol. The molecule has 0 atom stereocenters. The first kappa shape index (κ1) is 23.8. The molecule has 0 spiro atoms. The Morgan fingerprint density at radius 2 is 1.53 bits per heavy atom. The summed E-state index contributed by atoms with van der Waals surface area (Å²) in [7, 11) is 0. The largest absolute Gasteiger partial charge is 0.480 e. The number of nitrogens with one attached hydrogen (secondary N) is 2. The molecule has 2 aliphatic carbocycles. The average Bonchev–Trinajstić information content (AvgIpc) is 3.15. The van der Waals surface area contributed by atoms with Crippen LogP contribution in [0.3, 0.4) is 0 Å². The minimum Gasteiger partial charge on any atom is -0.480 e. The highest BCUT2D eigenvalue weighted by atomic mass is 16.5. The van der Waals surface area contributed by atoms with E-state index in [1.807, 2.05) is 24.3 Å². The Balaban J connectivity index is 1.34. The smallest absolute Gasteiger partial charge is 0.407 e. The second kappa shape index (κ2) is 9.49. The highest BCUT2D eigenvalue weighted by Gasteiger charge is 2.43. The van der Waals surface area contributed by atoms with Gasteiger partial charge in [0.2, 0.25) is 5.91 Å². The standard InChI is InChI=1S/C27H32N2O5/c1-26(2,23(30)29-27(24(31)32)14-8-3-9-15-27)17-28-25(33)34-16-22-20-12-6-4-10-18(20)19-11-5-7-13-21(19)22/h4-7,10-13,22H,3,8-9,14-17H2,1-2H3,(H,28,33)(H,29,30)(H,31,32). The fourth-order valence-electron chi connectivity index (χ4n) is 4.96. The summed E-state index contributed by atoms with van der Waals surface area (Å²) in [4.78, 5) is 37.3.